The topological polar surface area (TPSA) is 79.4 Å². The highest BCUT2D eigenvalue weighted by molar-refractivity contribution is 7.18. The van der Waals surface area contributed by atoms with Crippen molar-refractivity contribution < 1.29 is 14.4 Å². The number of carbonyl (C=O) groups is 3. The van der Waals surface area contributed by atoms with E-state index in [2.05, 4.69) is 10.3 Å². The molecule has 2 bridgehead atoms. The first kappa shape index (κ1) is 15.7. The predicted molar refractivity (Wildman–Crippen MR) is 95.9 cm³/mol. The molecule has 1 saturated carbocycles. The second kappa shape index (κ2) is 5.74. The maximum atomic E-state index is 12.6. The van der Waals surface area contributed by atoms with Crippen molar-refractivity contribution in [3.63, 3.8) is 0 Å². The number of hydrogen-bond donors (Lipinski definition) is 1. The van der Waals surface area contributed by atoms with Crippen LogP contribution in [0.15, 0.2) is 36.4 Å². The smallest absolute Gasteiger partial charge is 0.240 e. The van der Waals surface area contributed by atoms with Gasteiger partial charge in [-0.3, -0.25) is 19.3 Å². The third kappa shape index (κ3) is 2.30. The maximum Gasteiger partial charge on any atom is 0.240 e. The van der Waals surface area contributed by atoms with Crippen LogP contribution < -0.4 is 5.32 Å². The van der Waals surface area contributed by atoms with E-state index in [1.54, 1.807) is 0 Å². The quantitative estimate of drug-likeness (QED) is 0.659. The van der Waals surface area contributed by atoms with E-state index in [9.17, 15) is 14.4 Å². The molecule has 4 atom stereocenters. The Bertz CT molecular complexity index is 903. The van der Waals surface area contributed by atoms with Gasteiger partial charge in [-0.25, -0.2) is 4.98 Å². The first-order chi connectivity index (χ1) is 12.6. The van der Waals surface area contributed by atoms with Crippen molar-refractivity contribution >= 4 is 39.3 Å². The fourth-order valence-corrected chi connectivity index (χ4v) is 5.40. The van der Waals surface area contributed by atoms with Crippen LogP contribution in [0.5, 0.6) is 0 Å². The molecule has 5 rings (SSSR count). The van der Waals surface area contributed by atoms with E-state index in [-0.39, 0.29) is 47.9 Å². The summed E-state index contributed by atoms with van der Waals surface area (Å²) in [5, 5.41) is 3.58. The number of hydrogen-bond acceptors (Lipinski definition) is 5. The van der Waals surface area contributed by atoms with E-state index in [1.807, 2.05) is 36.4 Å². The fourth-order valence-electron chi connectivity index (χ4n) is 4.49. The Morgan fingerprint density at radius 1 is 1.15 bits per heavy atom. The lowest BCUT2D eigenvalue weighted by Crippen LogP contribution is -2.41. The lowest BCUT2D eigenvalue weighted by molar-refractivity contribution is -0.144. The van der Waals surface area contributed by atoms with E-state index >= 15 is 0 Å². The summed E-state index contributed by atoms with van der Waals surface area (Å²) in [4.78, 5) is 43.1. The molecule has 3 amide bonds. The molecule has 1 N–H and O–H groups in total. The molecular formula is C19H17N3O3S. The molecule has 2 aromatic rings. The summed E-state index contributed by atoms with van der Waals surface area (Å²) >= 11 is 1.52. The van der Waals surface area contributed by atoms with E-state index in [0.717, 1.165) is 26.5 Å². The van der Waals surface area contributed by atoms with Gasteiger partial charge in [-0.2, -0.15) is 0 Å². The number of imide groups is 1. The molecule has 132 valence electrons. The molecular weight excluding hydrogens is 350 g/mol. The van der Waals surface area contributed by atoms with Gasteiger partial charge in [-0.15, -0.1) is 11.3 Å². The Morgan fingerprint density at radius 2 is 1.85 bits per heavy atom. The maximum absolute atomic E-state index is 12.6. The highest BCUT2D eigenvalue weighted by Gasteiger charge is 2.59. The van der Waals surface area contributed by atoms with Crippen LogP contribution in [0.2, 0.25) is 0 Å². The number of para-hydroxylation sites is 1. The SMILES string of the molecule is O=C(CN1C(=O)C2C3C=CC(C3)C2C1=O)NCc1nc2ccccc2s1. The number of nitrogens with one attached hydrogen (secondary N) is 1. The molecule has 1 aromatic carbocycles. The highest BCUT2D eigenvalue weighted by Crippen LogP contribution is 2.52. The summed E-state index contributed by atoms with van der Waals surface area (Å²) < 4.78 is 1.07. The number of nitrogens with zero attached hydrogens (tertiary/aromatic N) is 2. The van der Waals surface area contributed by atoms with Crippen LogP contribution in [0.4, 0.5) is 0 Å². The summed E-state index contributed by atoms with van der Waals surface area (Å²) in [6.07, 6.45) is 4.99. The van der Waals surface area contributed by atoms with Crippen LogP contribution in [0, 0.1) is 23.7 Å². The zero-order valence-electron chi connectivity index (χ0n) is 13.9. The van der Waals surface area contributed by atoms with Gasteiger partial charge in [0, 0.05) is 0 Å². The lowest BCUT2D eigenvalue weighted by atomic mass is 9.85. The van der Waals surface area contributed by atoms with E-state index in [1.165, 1.54) is 11.3 Å². The number of benzene rings is 1. The molecule has 26 heavy (non-hydrogen) atoms. The number of likely N-dealkylation sites (tertiary alicyclic amines) is 1. The normalized spacial score (nSPS) is 29.0. The largest absolute Gasteiger partial charge is 0.348 e. The Hall–Kier alpha value is -2.54. The van der Waals surface area contributed by atoms with Crippen molar-refractivity contribution in [2.45, 2.75) is 13.0 Å². The number of amides is 3. The number of fused-ring (bicyclic) bond motifs is 6. The standard InChI is InChI=1S/C19H17N3O3S/c23-14(20-8-15-21-12-3-1-2-4-13(12)26-15)9-22-18(24)16-10-5-6-11(7-10)17(16)19(22)25/h1-6,10-11,16-17H,7-9H2,(H,20,23). The number of rotatable bonds is 4. The second-order valence-electron chi connectivity index (χ2n) is 7.11. The molecule has 3 aliphatic rings. The number of thiazole rings is 1. The molecule has 4 unspecified atom stereocenters. The highest BCUT2D eigenvalue weighted by atomic mass is 32.1. The van der Waals surface area contributed by atoms with Gasteiger partial charge < -0.3 is 5.32 Å². The Morgan fingerprint density at radius 3 is 2.54 bits per heavy atom. The monoisotopic (exact) mass is 367 g/mol. The van der Waals surface area contributed by atoms with E-state index in [4.69, 9.17) is 0 Å². The second-order valence-corrected chi connectivity index (χ2v) is 8.23. The molecule has 1 aliphatic heterocycles. The first-order valence-corrected chi connectivity index (χ1v) is 9.58. The minimum absolute atomic E-state index is 0.164. The van der Waals surface area contributed by atoms with Crippen molar-refractivity contribution in [3.05, 3.63) is 41.4 Å². The van der Waals surface area contributed by atoms with Gasteiger partial charge >= 0.3 is 0 Å². The molecule has 1 saturated heterocycles. The summed E-state index contributed by atoms with van der Waals surface area (Å²) in [5.41, 5.74) is 0.905. The van der Waals surface area contributed by atoms with Crippen molar-refractivity contribution in [1.29, 1.82) is 0 Å². The Balaban J connectivity index is 1.23. The van der Waals surface area contributed by atoms with Crippen molar-refractivity contribution in [2.75, 3.05) is 6.54 Å². The third-order valence-electron chi connectivity index (χ3n) is 5.64. The van der Waals surface area contributed by atoms with Crippen LogP contribution in [-0.4, -0.2) is 34.2 Å². The Kier molecular flexibility index (Phi) is 3.46. The average molecular weight is 367 g/mol. The molecule has 2 fully saturated rings. The fraction of sp³-hybridized carbons (Fsp3) is 0.368. The summed E-state index contributed by atoms with van der Waals surface area (Å²) in [6, 6.07) is 7.79. The number of carbonyl (C=O) groups excluding carboxylic acids is 3. The van der Waals surface area contributed by atoms with E-state index < -0.39 is 0 Å². The predicted octanol–water partition coefficient (Wildman–Crippen LogP) is 1.72. The third-order valence-corrected chi connectivity index (χ3v) is 6.67. The van der Waals surface area contributed by atoms with Crippen LogP contribution in [0.25, 0.3) is 10.2 Å². The van der Waals surface area contributed by atoms with Crippen molar-refractivity contribution in [3.8, 4) is 0 Å². The average Bonchev–Trinajstić information content (AvgIpc) is 3.39. The van der Waals surface area contributed by atoms with Gasteiger partial charge in [0.25, 0.3) is 0 Å². The van der Waals surface area contributed by atoms with Gasteiger partial charge in [0.05, 0.1) is 28.6 Å². The van der Waals surface area contributed by atoms with Gasteiger partial charge in [0.1, 0.15) is 11.6 Å². The zero-order valence-corrected chi connectivity index (χ0v) is 14.7. The van der Waals surface area contributed by atoms with Gasteiger partial charge in [0.2, 0.25) is 17.7 Å². The molecule has 1 aromatic heterocycles. The summed E-state index contributed by atoms with van der Waals surface area (Å²) in [6.45, 7) is 0.100. The van der Waals surface area contributed by atoms with E-state index in [0.29, 0.717) is 6.54 Å². The molecule has 2 heterocycles. The van der Waals surface area contributed by atoms with Crippen molar-refractivity contribution in [1.82, 2.24) is 15.2 Å². The van der Waals surface area contributed by atoms with Gasteiger partial charge in [-0.1, -0.05) is 24.3 Å². The van der Waals surface area contributed by atoms with Gasteiger partial charge in [0.15, 0.2) is 0 Å². The molecule has 7 heteroatoms. The minimum atomic E-state index is -0.328. The number of aromatic nitrogens is 1. The number of allylic oxidation sites excluding steroid dienone is 2. The molecule has 0 spiro atoms. The summed E-state index contributed by atoms with van der Waals surface area (Å²) in [5.74, 6) is -0.885. The van der Waals surface area contributed by atoms with Crippen LogP contribution in [0.1, 0.15) is 11.4 Å². The lowest BCUT2D eigenvalue weighted by Gasteiger charge is -2.16. The molecule has 2 aliphatic carbocycles. The zero-order chi connectivity index (χ0) is 17.8. The van der Waals surface area contributed by atoms with Crippen molar-refractivity contribution in [2.24, 2.45) is 23.7 Å². The van der Waals surface area contributed by atoms with Crippen LogP contribution in [0.3, 0.4) is 0 Å². The summed E-state index contributed by atoms with van der Waals surface area (Å²) in [7, 11) is 0. The van der Waals surface area contributed by atoms with Gasteiger partial charge in [-0.05, 0) is 30.4 Å². The molecule has 6 nitrogen and oxygen atoms in total. The van der Waals surface area contributed by atoms with Crippen LogP contribution >= 0.6 is 11.3 Å². The first-order valence-electron chi connectivity index (χ1n) is 8.76. The van der Waals surface area contributed by atoms with Crippen LogP contribution in [-0.2, 0) is 20.9 Å². The minimum Gasteiger partial charge on any atom is -0.348 e. The molecule has 0 radical (unpaired) electrons. The Labute approximate surface area is 153 Å².